The van der Waals surface area contributed by atoms with Gasteiger partial charge < -0.3 is 10.0 Å². The maximum absolute atomic E-state index is 11.8. The molecule has 1 N–H and O–H groups in total. The Morgan fingerprint density at radius 3 is 2.88 bits per heavy atom. The Morgan fingerprint density at radius 1 is 1.41 bits per heavy atom. The molecule has 1 amide bonds. The minimum atomic E-state index is -0.0152. The van der Waals surface area contributed by atoms with Crippen molar-refractivity contribution in [2.45, 2.75) is 24.5 Å². The summed E-state index contributed by atoms with van der Waals surface area (Å²) < 4.78 is 1.50. The summed E-state index contributed by atoms with van der Waals surface area (Å²) in [7, 11) is 0. The van der Waals surface area contributed by atoms with E-state index in [-0.39, 0.29) is 12.5 Å². The van der Waals surface area contributed by atoms with Gasteiger partial charge in [0.05, 0.1) is 18.9 Å². The predicted octanol–water partition coefficient (Wildman–Crippen LogP) is -0.620. The number of carbonyl (C=O) groups excluding carboxylic acids is 1. The predicted molar refractivity (Wildman–Crippen MR) is 61.4 cm³/mol. The summed E-state index contributed by atoms with van der Waals surface area (Å²) in [6.07, 6.45) is 2.19. The molecule has 0 spiro atoms. The van der Waals surface area contributed by atoms with Crippen LogP contribution in [0.3, 0.4) is 0 Å². The molecule has 0 aromatic carbocycles. The molecule has 0 saturated carbocycles. The Bertz CT molecular complexity index is 377. The molecule has 0 atom stereocenters. The normalized spacial score (nSPS) is 15.5. The van der Waals surface area contributed by atoms with Gasteiger partial charge in [0.2, 0.25) is 11.1 Å². The van der Waals surface area contributed by atoms with Gasteiger partial charge in [-0.3, -0.25) is 4.79 Å². The van der Waals surface area contributed by atoms with Crippen LogP contribution in [-0.4, -0.2) is 61.6 Å². The van der Waals surface area contributed by atoms with Gasteiger partial charge in [-0.2, -0.15) is 0 Å². The van der Waals surface area contributed by atoms with Crippen LogP contribution < -0.4 is 0 Å². The van der Waals surface area contributed by atoms with E-state index in [0.717, 1.165) is 25.9 Å². The van der Waals surface area contributed by atoms with E-state index in [1.807, 2.05) is 4.90 Å². The van der Waals surface area contributed by atoms with Crippen LogP contribution in [0.4, 0.5) is 0 Å². The van der Waals surface area contributed by atoms with Gasteiger partial charge in [0.15, 0.2) is 0 Å². The van der Waals surface area contributed by atoms with Crippen molar-refractivity contribution in [2.24, 2.45) is 0 Å². The van der Waals surface area contributed by atoms with Gasteiger partial charge in [-0.25, -0.2) is 4.68 Å². The van der Waals surface area contributed by atoms with E-state index in [9.17, 15) is 4.79 Å². The molecule has 1 aliphatic heterocycles. The van der Waals surface area contributed by atoms with Crippen LogP contribution >= 0.6 is 11.8 Å². The van der Waals surface area contributed by atoms with Gasteiger partial charge in [0, 0.05) is 13.1 Å². The first kappa shape index (κ1) is 12.3. The van der Waals surface area contributed by atoms with Crippen molar-refractivity contribution in [3.05, 3.63) is 0 Å². The van der Waals surface area contributed by atoms with E-state index in [0.29, 0.717) is 17.5 Å². The summed E-state index contributed by atoms with van der Waals surface area (Å²) in [5.41, 5.74) is 0. The van der Waals surface area contributed by atoms with Crippen LogP contribution in [-0.2, 0) is 11.3 Å². The summed E-state index contributed by atoms with van der Waals surface area (Å²) in [4.78, 5) is 13.7. The zero-order valence-electron chi connectivity index (χ0n) is 9.45. The van der Waals surface area contributed by atoms with Crippen molar-refractivity contribution >= 4 is 17.7 Å². The van der Waals surface area contributed by atoms with Crippen molar-refractivity contribution < 1.29 is 9.90 Å². The Labute approximate surface area is 103 Å². The summed E-state index contributed by atoms with van der Waals surface area (Å²) in [5, 5.41) is 20.5. The van der Waals surface area contributed by atoms with Gasteiger partial charge in [-0.05, 0) is 23.3 Å². The fraction of sp³-hybridized carbons (Fsp3) is 0.778. The van der Waals surface area contributed by atoms with E-state index in [2.05, 4.69) is 15.5 Å². The highest BCUT2D eigenvalue weighted by molar-refractivity contribution is 7.99. The SMILES string of the molecule is O=C(CSc1nnnn1CCO)N1CCCC1. The first-order valence-electron chi connectivity index (χ1n) is 5.59. The Hall–Kier alpha value is -1.15. The average Bonchev–Trinajstić information content (AvgIpc) is 2.97. The maximum atomic E-state index is 11.8. The number of rotatable bonds is 5. The standard InChI is InChI=1S/C9H15N5O2S/c15-6-5-14-9(10-11-12-14)17-7-8(16)13-3-1-2-4-13/h15H,1-7H2. The average molecular weight is 257 g/mol. The van der Waals surface area contributed by atoms with E-state index < -0.39 is 0 Å². The molecule has 1 aromatic heterocycles. The summed E-state index contributed by atoms with van der Waals surface area (Å²) in [5.74, 6) is 0.484. The molecule has 8 heteroatoms. The molecule has 94 valence electrons. The van der Waals surface area contributed by atoms with Crippen LogP contribution in [0.2, 0.25) is 0 Å². The molecular weight excluding hydrogens is 242 g/mol. The third kappa shape index (κ3) is 3.16. The second-order valence-corrected chi connectivity index (χ2v) is 4.73. The molecule has 1 aromatic rings. The third-order valence-electron chi connectivity index (χ3n) is 2.59. The number of amides is 1. The van der Waals surface area contributed by atoms with Crippen LogP contribution in [0.1, 0.15) is 12.8 Å². The highest BCUT2D eigenvalue weighted by Gasteiger charge is 2.18. The Balaban J connectivity index is 1.84. The second kappa shape index (κ2) is 5.97. The lowest BCUT2D eigenvalue weighted by atomic mass is 10.4. The smallest absolute Gasteiger partial charge is 0.233 e. The number of thioether (sulfide) groups is 1. The van der Waals surface area contributed by atoms with Gasteiger partial charge in [-0.1, -0.05) is 11.8 Å². The van der Waals surface area contributed by atoms with Gasteiger partial charge in [0.25, 0.3) is 0 Å². The molecule has 0 radical (unpaired) electrons. The molecule has 2 rings (SSSR count). The molecule has 0 bridgehead atoms. The van der Waals surface area contributed by atoms with Crippen molar-refractivity contribution in [3.8, 4) is 0 Å². The zero-order valence-corrected chi connectivity index (χ0v) is 10.3. The number of nitrogens with zero attached hydrogens (tertiary/aromatic N) is 5. The molecule has 2 heterocycles. The molecule has 17 heavy (non-hydrogen) atoms. The second-order valence-electron chi connectivity index (χ2n) is 3.78. The van der Waals surface area contributed by atoms with Crippen molar-refractivity contribution in [1.29, 1.82) is 0 Å². The molecular formula is C9H15N5O2S. The third-order valence-corrected chi connectivity index (χ3v) is 3.54. The number of hydrogen-bond donors (Lipinski definition) is 1. The van der Waals surface area contributed by atoms with Gasteiger partial charge >= 0.3 is 0 Å². The molecule has 0 unspecified atom stereocenters. The fourth-order valence-corrected chi connectivity index (χ4v) is 2.53. The summed E-state index contributed by atoms with van der Waals surface area (Å²) >= 11 is 1.31. The van der Waals surface area contributed by atoms with E-state index in [1.54, 1.807) is 0 Å². The first-order valence-corrected chi connectivity index (χ1v) is 6.57. The number of tetrazole rings is 1. The molecule has 1 aliphatic rings. The lowest BCUT2D eigenvalue weighted by Gasteiger charge is -2.14. The fourth-order valence-electron chi connectivity index (χ4n) is 1.72. The van der Waals surface area contributed by atoms with Gasteiger partial charge in [0.1, 0.15) is 0 Å². The number of likely N-dealkylation sites (tertiary alicyclic amines) is 1. The van der Waals surface area contributed by atoms with Crippen molar-refractivity contribution in [1.82, 2.24) is 25.1 Å². The molecule has 1 fully saturated rings. The Kier molecular flexibility index (Phi) is 4.32. The van der Waals surface area contributed by atoms with Crippen LogP contribution in [0.15, 0.2) is 5.16 Å². The highest BCUT2D eigenvalue weighted by Crippen LogP contribution is 2.16. The van der Waals surface area contributed by atoms with E-state index >= 15 is 0 Å². The lowest BCUT2D eigenvalue weighted by Crippen LogP contribution is -2.29. The number of aliphatic hydroxyl groups is 1. The van der Waals surface area contributed by atoms with Gasteiger partial charge in [-0.15, -0.1) is 5.10 Å². The quantitative estimate of drug-likeness (QED) is 0.708. The topological polar surface area (TPSA) is 84.1 Å². The number of hydrogen-bond acceptors (Lipinski definition) is 6. The molecule has 7 nitrogen and oxygen atoms in total. The van der Waals surface area contributed by atoms with Crippen LogP contribution in [0.5, 0.6) is 0 Å². The monoisotopic (exact) mass is 257 g/mol. The Morgan fingerprint density at radius 2 is 2.18 bits per heavy atom. The summed E-state index contributed by atoms with van der Waals surface area (Å²) in [6.45, 7) is 2.06. The maximum Gasteiger partial charge on any atom is 0.233 e. The van der Waals surface area contributed by atoms with Crippen molar-refractivity contribution in [3.63, 3.8) is 0 Å². The van der Waals surface area contributed by atoms with Crippen LogP contribution in [0, 0.1) is 0 Å². The van der Waals surface area contributed by atoms with E-state index in [4.69, 9.17) is 5.11 Å². The largest absolute Gasteiger partial charge is 0.394 e. The van der Waals surface area contributed by atoms with E-state index in [1.165, 1.54) is 16.4 Å². The summed E-state index contributed by atoms with van der Waals surface area (Å²) in [6, 6.07) is 0. The first-order chi connectivity index (χ1) is 8.31. The molecule has 0 aliphatic carbocycles. The molecule has 1 saturated heterocycles. The highest BCUT2D eigenvalue weighted by atomic mass is 32.2. The minimum absolute atomic E-state index is 0.0152. The van der Waals surface area contributed by atoms with Crippen LogP contribution in [0.25, 0.3) is 0 Å². The minimum Gasteiger partial charge on any atom is -0.394 e. The number of aliphatic hydroxyl groups excluding tert-OH is 1. The lowest BCUT2D eigenvalue weighted by molar-refractivity contribution is -0.127. The van der Waals surface area contributed by atoms with Crippen molar-refractivity contribution in [2.75, 3.05) is 25.4 Å². The number of carbonyl (C=O) groups is 1. The number of aromatic nitrogens is 4. The zero-order chi connectivity index (χ0) is 12.1.